The topological polar surface area (TPSA) is 85.5 Å². The number of pyridine rings is 1. The van der Waals surface area contributed by atoms with Crippen LogP contribution in [0.2, 0.25) is 0 Å². The van der Waals surface area contributed by atoms with Crippen LogP contribution in [0.15, 0.2) is 10.6 Å². The van der Waals surface area contributed by atoms with Crippen molar-refractivity contribution in [2.45, 2.75) is 45.2 Å². The normalized spacial score (nSPS) is 19.5. The summed E-state index contributed by atoms with van der Waals surface area (Å²) in [6.07, 6.45) is 2.83. The van der Waals surface area contributed by atoms with Gasteiger partial charge in [0.25, 0.3) is 5.89 Å². The van der Waals surface area contributed by atoms with Crippen LogP contribution in [0.1, 0.15) is 30.7 Å². The molecule has 1 aromatic carbocycles. The molecule has 0 radical (unpaired) electrons. The zero-order valence-electron chi connectivity index (χ0n) is 19.0. The molecule has 2 aromatic heterocycles. The van der Waals surface area contributed by atoms with Crippen molar-refractivity contribution in [2.24, 2.45) is 0 Å². The molecule has 3 aromatic rings. The molecule has 2 aliphatic heterocycles. The van der Waals surface area contributed by atoms with Gasteiger partial charge in [-0.15, -0.1) is 0 Å². The first-order valence-electron chi connectivity index (χ1n) is 11.2. The van der Waals surface area contributed by atoms with E-state index in [9.17, 15) is 8.78 Å². The van der Waals surface area contributed by atoms with Crippen molar-refractivity contribution in [1.82, 2.24) is 20.4 Å². The molecule has 176 valence electrons. The minimum atomic E-state index is -1.05. The number of fused-ring (bicyclic) bond motifs is 1. The van der Waals surface area contributed by atoms with Crippen molar-refractivity contribution < 1.29 is 22.8 Å². The van der Waals surface area contributed by atoms with Crippen LogP contribution in [0, 0.1) is 25.5 Å². The Kier molecular flexibility index (Phi) is 5.88. The van der Waals surface area contributed by atoms with Crippen LogP contribution in [-0.2, 0) is 4.74 Å². The van der Waals surface area contributed by atoms with E-state index in [2.05, 4.69) is 25.3 Å². The number of ether oxygens (including phenoxy) is 2. The van der Waals surface area contributed by atoms with Crippen LogP contribution in [0.5, 0.6) is 5.75 Å². The van der Waals surface area contributed by atoms with E-state index in [1.165, 1.54) is 13.2 Å². The van der Waals surface area contributed by atoms with Gasteiger partial charge in [-0.05, 0) is 44.7 Å². The molecule has 4 heterocycles. The molecule has 2 fully saturated rings. The molecule has 1 N–H and O–H groups in total. The van der Waals surface area contributed by atoms with Crippen molar-refractivity contribution in [1.29, 1.82) is 0 Å². The molecule has 0 aliphatic carbocycles. The number of rotatable bonds is 5. The van der Waals surface area contributed by atoms with Crippen LogP contribution in [0.4, 0.5) is 14.6 Å². The first-order chi connectivity index (χ1) is 16.0. The largest absolute Gasteiger partial charge is 0.494 e. The summed E-state index contributed by atoms with van der Waals surface area (Å²) in [4.78, 5) is 11.1. The quantitative estimate of drug-likeness (QED) is 0.620. The Morgan fingerprint density at radius 2 is 1.88 bits per heavy atom. The Balaban J connectivity index is 1.55. The molecule has 0 amide bonds. The van der Waals surface area contributed by atoms with Crippen LogP contribution in [-0.4, -0.2) is 60.6 Å². The summed E-state index contributed by atoms with van der Waals surface area (Å²) < 4.78 is 45.5. The zero-order chi connectivity index (χ0) is 23.1. The second kappa shape index (κ2) is 8.83. The van der Waals surface area contributed by atoms with Gasteiger partial charge in [-0.3, -0.25) is 0 Å². The zero-order valence-corrected chi connectivity index (χ0v) is 19.0. The third-order valence-corrected chi connectivity index (χ3v) is 6.52. The molecular formula is C23H27F2N5O3. The van der Waals surface area contributed by atoms with Gasteiger partial charge < -0.3 is 24.2 Å². The SMILES string of the molecule is COc1cc2c(C)c(-c3nc(C)no3)c(N3CCC(N[C@H]4CCOC4)CC3)nc2c(F)c1F. The van der Waals surface area contributed by atoms with E-state index in [4.69, 9.17) is 14.0 Å². The van der Waals surface area contributed by atoms with Gasteiger partial charge in [0.2, 0.25) is 5.82 Å². The summed E-state index contributed by atoms with van der Waals surface area (Å²) in [6.45, 7) is 6.54. The summed E-state index contributed by atoms with van der Waals surface area (Å²) in [5.41, 5.74) is 1.27. The number of halogens is 2. The predicted molar refractivity (Wildman–Crippen MR) is 119 cm³/mol. The molecule has 0 unspecified atom stereocenters. The van der Waals surface area contributed by atoms with Gasteiger partial charge in [0.15, 0.2) is 17.4 Å². The van der Waals surface area contributed by atoms with Gasteiger partial charge in [-0.25, -0.2) is 9.37 Å². The molecule has 10 heteroatoms. The number of hydrogen-bond donors (Lipinski definition) is 1. The lowest BCUT2D eigenvalue weighted by molar-refractivity contribution is 0.186. The maximum Gasteiger partial charge on any atom is 0.261 e. The van der Waals surface area contributed by atoms with Gasteiger partial charge in [0.05, 0.1) is 19.3 Å². The second-order valence-corrected chi connectivity index (χ2v) is 8.67. The maximum atomic E-state index is 15.0. The number of anilines is 1. The van der Waals surface area contributed by atoms with E-state index in [-0.39, 0.29) is 11.3 Å². The third kappa shape index (κ3) is 4.02. The lowest BCUT2D eigenvalue weighted by Gasteiger charge is -2.35. The molecule has 5 rings (SSSR count). The molecule has 2 saturated heterocycles. The summed E-state index contributed by atoms with van der Waals surface area (Å²) in [7, 11) is 1.30. The summed E-state index contributed by atoms with van der Waals surface area (Å²) >= 11 is 0. The molecular weight excluding hydrogens is 432 g/mol. The van der Waals surface area contributed by atoms with Crippen LogP contribution in [0.25, 0.3) is 22.4 Å². The molecule has 1 atom stereocenters. The molecule has 0 spiro atoms. The fourth-order valence-corrected chi connectivity index (χ4v) is 4.74. The Morgan fingerprint density at radius 3 is 2.52 bits per heavy atom. The number of nitrogens with zero attached hydrogens (tertiary/aromatic N) is 4. The number of benzene rings is 1. The second-order valence-electron chi connectivity index (χ2n) is 8.67. The first-order valence-corrected chi connectivity index (χ1v) is 11.2. The van der Waals surface area contributed by atoms with Crippen LogP contribution < -0.4 is 15.0 Å². The Morgan fingerprint density at radius 1 is 1.09 bits per heavy atom. The van der Waals surface area contributed by atoms with Gasteiger partial charge in [-0.2, -0.15) is 9.37 Å². The average molecular weight is 459 g/mol. The standard InChI is InChI=1S/C23H27F2N5O3/c1-12-16-10-17(31-3)19(24)20(25)21(16)28-22(18(12)23-26-13(2)29-33-23)30-7-4-14(5-8-30)27-15-6-9-32-11-15/h10,14-15,27H,4-9,11H2,1-3H3/t15-/m0/s1. The van der Waals surface area contributed by atoms with Gasteiger partial charge >= 0.3 is 0 Å². The van der Waals surface area contributed by atoms with Gasteiger partial charge in [-0.1, -0.05) is 5.16 Å². The molecule has 33 heavy (non-hydrogen) atoms. The highest BCUT2D eigenvalue weighted by atomic mass is 19.2. The first kappa shape index (κ1) is 22.0. The lowest BCUT2D eigenvalue weighted by atomic mass is 9.99. The number of hydrogen-bond acceptors (Lipinski definition) is 8. The summed E-state index contributed by atoms with van der Waals surface area (Å²) in [5.74, 6) is -0.935. The minimum absolute atomic E-state index is 0.0378. The fraction of sp³-hybridized carbons (Fsp3) is 0.522. The highest BCUT2D eigenvalue weighted by molar-refractivity contribution is 5.93. The van der Waals surface area contributed by atoms with E-state index in [1.54, 1.807) is 6.92 Å². The Labute approximate surface area is 190 Å². The number of piperidine rings is 1. The number of aryl methyl sites for hydroxylation is 2. The van der Waals surface area contributed by atoms with Crippen LogP contribution >= 0.6 is 0 Å². The van der Waals surface area contributed by atoms with E-state index in [1.807, 2.05) is 6.92 Å². The van der Waals surface area contributed by atoms with E-state index >= 15 is 0 Å². The van der Waals surface area contributed by atoms with E-state index in [0.29, 0.717) is 59.2 Å². The molecule has 2 aliphatic rings. The highest BCUT2D eigenvalue weighted by Crippen LogP contribution is 2.39. The van der Waals surface area contributed by atoms with E-state index in [0.717, 1.165) is 32.5 Å². The summed E-state index contributed by atoms with van der Waals surface area (Å²) in [5, 5.41) is 8.04. The van der Waals surface area contributed by atoms with Crippen molar-refractivity contribution >= 4 is 16.7 Å². The maximum absolute atomic E-state index is 15.0. The van der Waals surface area contributed by atoms with Crippen molar-refractivity contribution in [3.63, 3.8) is 0 Å². The van der Waals surface area contributed by atoms with Crippen molar-refractivity contribution in [2.75, 3.05) is 38.3 Å². The van der Waals surface area contributed by atoms with Gasteiger partial charge in [0, 0.05) is 37.2 Å². The van der Waals surface area contributed by atoms with E-state index < -0.39 is 11.6 Å². The highest BCUT2D eigenvalue weighted by Gasteiger charge is 2.30. The summed E-state index contributed by atoms with van der Waals surface area (Å²) in [6, 6.07) is 2.24. The predicted octanol–water partition coefficient (Wildman–Crippen LogP) is 3.54. The molecule has 0 saturated carbocycles. The Hall–Kier alpha value is -2.85. The Bertz CT molecular complexity index is 1170. The lowest BCUT2D eigenvalue weighted by Crippen LogP contribution is -2.46. The van der Waals surface area contributed by atoms with Crippen LogP contribution in [0.3, 0.4) is 0 Å². The third-order valence-electron chi connectivity index (χ3n) is 6.52. The fourth-order valence-electron chi connectivity index (χ4n) is 4.74. The van der Waals surface area contributed by atoms with Gasteiger partial charge in [0.1, 0.15) is 11.3 Å². The number of methoxy groups -OCH3 is 1. The smallest absolute Gasteiger partial charge is 0.261 e. The molecule has 0 bridgehead atoms. The number of aromatic nitrogens is 3. The van der Waals surface area contributed by atoms with Crippen molar-refractivity contribution in [3.05, 3.63) is 29.1 Å². The molecule has 8 nitrogen and oxygen atoms in total. The minimum Gasteiger partial charge on any atom is -0.494 e. The monoisotopic (exact) mass is 459 g/mol. The average Bonchev–Trinajstić information content (AvgIpc) is 3.48. The number of nitrogens with one attached hydrogen (secondary N) is 1. The van der Waals surface area contributed by atoms with Crippen molar-refractivity contribution in [3.8, 4) is 17.2 Å².